The highest BCUT2D eigenvalue weighted by atomic mass is 35.5. The lowest BCUT2D eigenvalue weighted by molar-refractivity contribution is 0.0927. The van der Waals surface area contributed by atoms with E-state index in [2.05, 4.69) is 26.6 Å². The van der Waals surface area contributed by atoms with Gasteiger partial charge in [-0.05, 0) is 42.8 Å². The van der Waals surface area contributed by atoms with Crippen molar-refractivity contribution in [3.63, 3.8) is 0 Å². The van der Waals surface area contributed by atoms with Gasteiger partial charge in [0, 0.05) is 48.8 Å². The molecule has 1 unspecified atom stereocenters. The van der Waals surface area contributed by atoms with Crippen LogP contribution in [-0.2, 0) is 0 Å². The zero-order chi connectivity index (χ0) is 22.7. The maximum Gasteiger partial charge on any atom is 0.187 e. The largest absolute Gasteiger partial charge is 0.349 e. The Morgan fingerprint density at radius 1 is 1.22 bits per heavy atom. The van der Waals surface area contributed by atoms with Crippen LogP contribution in [0.3, 0.4) is 0 Å². The number of carbonyl (C=O) groups excluding carboxylic acids is 1. The van der Waals surface area contributed by atoms with E-state index in [1.54, 1.807) is 18.2 Å². The molecule has 1 aliphatic heterocycles. The Kier molecular flexibility index (Phi) is 6.45. The first kappa shape index (κ1) is 21.9. The van der Waals surface area contributed by atoms with Gasteiger partial charge < -0.3 is 10.2 Å². The Hall–Kier alpha value is -3.34. The molecule has 8 heteroatoms. The number of carbonyl (C=O) groups is 1. The summed E-state index contributed by atoms with van der Waals surface area (Å²) in [4.78, 5) is 20.1. The molecule has 2 aromatic heterocycles. The fraction of sp³-hybridized carbons (Fsp3) is 0.292. The molecule has 0 saturated carbocycles. The second-order valence-electron chi connectivity index (χ2n) is 8.00. The van der Waals surface area contributed by atoms with Crippen molar-refractivity contribution in [2.75, 3.05) is 25.0 Å². The number of nitrogens with one attached hydrogen (secondary N) is 1. The van der Waals surface area contributed by atoms with Crippen LogP contribution in [0.2, 0.25) is 5.02 Å². The van der Waals surface area contributed by atoms with Crippen LogP contribution in [0, 0.1) is 24.2 Å². The van der Waals surface area contributed by atoms with Crippen molar-refractivity contribution in [2.45, 2.75) is 18.9 Å². The van der Waals surface area contributed by atoms with Gasteiger partial charge in [-0.1, -0.05) is 23.7 Å². The van der Waals surface area contributed by atoms with Crippen LogP contribution in [0.4, 0.5) is 5.82 Å². The highest BCUT2D eigenvalue weighted by molar-refractivity contribution is 6.30. The van der Waals surface area contributed by atoms with Gasteiger partial charge in [-0.25, -0.2) is 4.98 Å². The number of Topliss-reactive ketones (excluding diaryl/α,β-unsaturated/α-hetero) is 1. The Morgan fingerprint density at radius 3 is 2.66 bits per heavy atom. The Labute approximate surface area is 192 Å². The minimum absolute atomic E-state index is 0.0143. The number of hydrogen-bond donors (Lipinski definition) is 1. The van der Waals surface area contributed by atoms with E-state index in [4.69, 9.17) is 16.9 Å². The first-order valence-corrected chi connectivity index (χ1v) is 10.7. The van der Waals surface area contributed by atoms with Gasteiger partial charge in [-0.2, -0.15) is 15.5 Å². The molecule has 7 nitrogen and oxygen atoms in total. The number of nitrogens with zero attached hydrogens (tertiary/aromatic N) is 5. The summed E-state index contributed by atoms with van der Waals surface area (Å²) in [6, 6.07) is 14.6. The quantitative estimate of drug-likeness (QED) is 0.580. The third-order valence-electron chi connectivity index (χ3n) is 5.95. The minimum Gasteiger partial charge on any atom is -0.349 e. The van der Waals surface area contributed by atoms with Crippen LogP contribution < -0.4 is 10.2 Å². The molecule has 0 spiro atoms. The molecule has 4 rings (SSSR count). The monoisotopic (exact) mass is 446 g/mol. The highest BCUT2D eigenvalue weighted by Crippen LogP contribution is 2.35. The average Bonchev–Trinajstić information content (AvgIpc) is 3.29. The lowest BCUT2D eigenvalue weighted by Crippen LogP contribution is -2.47. The molecule has 3 aromatic rings. The second kappa shape index (κ2) is 9.43. The molecular formula is C24H23ClN6O. The summed E-state index contributed by atoms with van der Waals surface area (Å²) in [5.74, 6) is 0.699. The zero-order valence-corrected chi connectivity index (χ0v) is 18.6. The van der Waals surface area contributed by atoms with E-state index in [0.717, 1.165) is 12.1 Å². The third kappa shape index (κ3) is 4.47. The summed E-state index contributed by atoms with van der Waals surface area (Å²) in [6.07, 6.45) is 3.04. The van der Waals surface area contributed by atoms with Crippen molar-refractivity contribution in [2.24, 2.45) is 5.92 Å². The second-order valence-corrected chi connectivity index (χ2v) is 8.44. The van der Waals surface area contributed by atoms with Crippen molar-refractivity contribution in [3.8, 4) is 6.07 Å². The van der Waals surface area contributed by atoms with Gasteiger partial charge >= 0.3 is 0 Å². The van der Waals surface area contributed by atoms with Gasteiger partial charge in [0.05, 0.1) is 23.5 Å². The molecule has 162 valence electrons. The molecule has 3 heterocycles. The molecule has 1 saturated heterocycles. The maximum atomic E-state index is 13.8. The normalized spacial score (nSPS) is 18.7. The Balaban J connectivity index is 1.74. The third-order valence-corrected chi connectivity index (χ3v) is 6.20. The number of nitriles is 1. The number of benzene rings is 1. The number of rotatable bonds is 6. The number of aryl methyl sites for hydroxylation is 1. The average molecular weight is 447 g/mol. The summed E-state index contributed by atoms with van der Waals surface area (Å²) in [6.45, 7) is 3.26. The van der Waals surface area contributed by atoms with E-state index in [1.165, 1.54) is 12.4 Å². The summed E-state index contributed by atoms with van der Waals surface area (Å²) in [5.41, 5.74) is 2.81. The molecule has 1 aromatic carbocycles. The molecule has 1 fully saturated rings. The molecule has 0 bridgehead atoms. The van der Waals surface area contributed by atoms with Gasteiger partial charge in [0.25, 0.3) is 0 Å². The number of aromatic nitrogens is 3. The number of anilines is 1. The van der Waals surface area contributed by atoms with Gasteiger partial charge in [0.15, 0.2) is 5.78 Å². The van der Waals surface area contributed by atoms with Crippen LogP contribution in [-0.4, -0.2) is 47.1 Å². The summed E-state index contributed by atoms with van der Waals surface area (Å²) in [7, 11) is 1.87. The van der Waals surface area contributed by atoms with E-state index in [9.17, 15) is 4.79 Å². The van der Waals surface area contributed by atoms with Crippen molar-refractivity contribution in [3.05, 3.63) is 82.3 Å². The van der Waals surface area contributed by atoms with Crippen LogP contribution in [0.5, 0.6) is 0 Å². The van der Waals surface area contributed by atoms with Gasteiger partial charge in [-0.3, -0.25) is 4.79 Å². The van der Waals surface area contributed by atoms with Gasteiger partial charge in [0.2, 0.25) is 0 Å². The number of hydrogen-bond acceptors (Lipinski definition) is 7. The number of halogens is 1. The minimum atomic E-state index is -0.491. The lowest BCUT2D eigenvalue weighted by atomic mass is 9.80. The van der Waals surface area contributed by atoms with E-state index >= 15 is 0 Å². The number of likely N-dealkylation sites (N-methyl/N-ethyl adjacent to an activating group) is 1. The molecule has 32 heavy (non-hydrogen) atoms. The fourth-order valence-electron chi connectivity index (χ4n) is 4.35. The topological polar surface area (TPSA) is 94.8 Å². The van der Waals surface area contributed by atoms with Crippen molar-refractivity contribution in [1.29, 1.82) is 5.26 Å². The summed E-state index contributed by atoms with van der Waals surface area (Å²) < 4.78 is 0. The van der Waals surface area contributed by atoms with E-state index in [1.807, 2.05) is 43.1 Å². The van der Waals surface area contributed by atoms with E-state index < -0.39 is 6.04 Å². The van der Waals surface area contributed by atoms with Crippen molar-refractivity contribution < 1.29 is 4.79 Å². The molecule has 1 aliphatic rings. The molecule has 0 aliphatic carbocycles. The molecule has 0 radical (unpaired) electrons. The van der Waals surface area contributed by atoms with Crippen LogP contribution >= 0.6 is 11.6 Å². The van der Waals surface area contributed by atoms with Crippen LogP contribution in [0.1, 0.15) is 33.1 Å². The first-order valence-electron chi connectivity index (χ1n) is 10.4. The summed E-state index contributed by atoms with van der Waals surface area (Å²) in [5, 5.41) is 21.2. The van der Waals surface area contributed by atoms with Crippen LogP contribution in [0.25, 0.3) is 0 Å². The molecule has 3 atom stereocenters. The lowest BCUT2D eigenvalue weighted by Gasteiger charge is -2.35. The standard InChI is InChI=1S/C24H23ClN6O/c1-15-9-18(12-29-30-15)24(32)23(31(2)22-8-3-16(10-26)11-28-22)21-14-27-13-20(21)17-4-6-19(25)7-5-17/h3-9,11-12,20-21,23,27H,13-14H2,1-2H3/t20-,21-,23?/m1/s1. The smallest absolute Gasteiger partial charge is 0.187 e. The fourth-order valence-corrected chi connectivity index (χ4v) is 4.47. The predicted octanol–water partition coefficient (Wildman–Crippen LogP) is 3.40. The van der Waals surface area contributed by atoms with E-state index in [0.29, 0.717) is 34.2 Å². The maximum absolute atomic E-state index is 13.8. The molecule has 1 N–H and O–H groups in total. The van der Waals surface area contributed by atoms with Crippen molar-refractivity contribution >= 4 is 23.2 Å². The van der Waals surface area contributed by atoms with E-state index in [-0.39, 0.29) is 17.6 Å². The predicted molar refractivity (Wildman–Crippen MR) is 123 cm³/mol. The molecule has 0 amide bonds. The number of ketones is 1. The SMILES string of the molecule is Cc1cc(C(=O)C([C@@H]2CNC[C@@H]2c2ccc(Cl)cc2)N(C)c2ccc(C#N)cn2)cnn1. The van der Waals surface area contributed by atoms with Crippen LogP contribution in [0.15, 0.2) is 54.9 Å². The summed E-state index contributed by atoms with van der Waals surface area (Å²) >= 11 is 6.10. The van der Waals surface area contributed by atoms with Gasteiger partial charge in [-0.15, -0.1) is 0 Å². The Bertz CT molecular complexity index is 1140. The van der Waals surface area contributed by atoms with Gasteiger partial charge in [0.1, 0.15) is 11.9 Å². The first-order chi connectivity index (χ1) is 15.5. The van der Waals surface area contributed by atoms with Crippen molar-refractivity contribution in [1.82, 2.24) is 20.5 Å². The number of pyridine rings is 1. The highest BCUT2D eigenvalue weighted by Gasteiger charge is 2.41. The zero-order valence-electron chi connectivity index (χ0n) is 17.9. The Morgan fingerprint density at radius 2 is 2.00 bits per heavy atom. The molecular weight excluding hydrogens is 424 g/mol.